The second-order valence-corrected chi connectivity index (χ2v) is 5.58. The van der Waals surface area contributed by atoms with Gasteiger partial charge in [-0.05, 0) is 24.7 Å². The highest BCUT2D eigenvalue weighted by molar-refractivity contribution is 5.87. The Hall–Kier alpha value is -0.790. The maximum Gasteiger partial charge on any atom is 0.333 e. The number of carbonyl (C=O) groups is 1. The summed E-state index contributed by atoms with van der Waals surface area (Å²) in [5, 5.41) is 0. The molecule has 0 aliphatic carbocycles. The molecule has 0 aromatic carbocycles. The molecular formula is C15H28O2. The van der Waals surface area contributed by atoms with Crippen LogP contribution in [0.1, 0.15) is 59.8 Å². The minimum absolute atomic E-state index is 0.220. The van der Waals surface area contributed by atoms with E-state index in [9.17, 15) is 4.79 Å². The van der Waals surface area contributed by atoms with Crippen LogP contribution in [0.2, 0.25) is 0 Å². The Balaban J connectivity index is 3.48. The highest BCUT2D eigenvalue weighted by atomic mass is 16.5. The molecular weight excluding hydrogens is 212 g/mol. The lowest BCUT2D eigenvalue weighted by Gasteiger charge is -2.09. The first-order chi connectivity index (χ1) is 7.93. The Morgan fingerprint density at radius 1 is 1.06 bits per heavy atom. The molecule has 0 bridgehead atoms. The van der Waals surface area contributed by atoms with Crippen molar-refractivity contribution in [2.75, 3.05) is 6.61 Å². The quantitative estimate of drug-likeness (QED) is 0.340. The van der Waals surface area contributed by atoms with Gasteiger partial charge in [0.25, 0.3) is 0 Å². The van der Waals surface area contributed by atoms with E-state index < -0.39 is 0 Å². The number of ether oxygens (including phenoxy) is 1. The third kappa shape index (κ3) is 10.1. The fourth-order valence-electron chi connectivity index (χ4n) is 1.67. The summed E-state index contributed by atoms with van der Waals surface area (Å²) in [7, 11) is 0. The van der Waals surface area contributed by atoms with E-state index in [2.05, 4.69) is 34.3 Å². The van der Waals surface area contributed by atoms with Crippen LogP contribution >= 0.6 is 0 Å². The van der Waals surface area contributed by atoms with Crippen LogP contribution in [0.3, 0.4) is 0 Å². The van der Waals surface area contributed by atoms with Gasteiger partial charge in [-0.1, -0.05) is 53.5 Å². The summed E-state index contributed by atoms with van der Waals surface area (Å²) in [6.45, 7) is 12.9. The van der Waals surface area contributed by atoms with E-state index in [1.165, 1.54) is 12.8 Å². The van der Waals surface area contributed by atoms with E-state index in [1.807, 2.05) is 0 Å². The van der Waals surface area contributed by atoms with Gasteiger partial charge in [0, 0.05) is 5.57 Å². The van der Waals surface area contributed by atoms with E-state index in [0.29, 0.717) is 18.1 Å². The molecule has 0 aliphatic heterocycles. The van der Waals surface area contributed by atoms with Crippen molar-refractivity contribution < 1.29 is 9.53 Å². The van der Waals surface area contributed by atoms with Crippen LogP contribution in [0.15, 0.2) is 12.2 Å². The number of hydrogen-bond donors (Lipinski definition) is 0. The average molecular weight is 240 g/mol. The summed E-state index contributed by atoms with van der Waals surface area (Å²) >= 11 is 0. The van der Waals surface area contributed by atoms with Gasteiger partial charge in [-0.3, -0.25) is 0 Å². The van der Waals surface area contributed by atoms with Crippen molar-refractivity contribution in [3.63, 3.8) is 0 Å². The lowest BCUT2D eigenvalue weighted by molar-refractivity contribution is -0.139. The Bertz CT molecular complexity index is 229. The lowest BCUT2D eigenvalue weighted by Crippen LogP contribution is -2.10. The van der Waals surface area contributed by atoms with Gasteiger partial charge in [0.05, 0.1) is 6.61 Å². The summed E-state index contributed by atoms with van der Waals surface area (Å²) in [6.07, 6.45) is 5.32. The summed E-state index contributed by atoms with van der Waals surface area (Å²) in [4.78, 5) is 11.5. The topological polar surface area (TPSA) is 26.3 Å². The summed E-state index contributed by atoms with van der Waals surface area (Å²) in [5.41, 5.74) is 0.599. The molecule has 100 valence electrons. The maximum absolute atomic E-state index is 11.5. The van der Waals surface area contributed by atoms with Gasteiger partial charge in [-0.2, -0.15) is 0 Å². The molecule has 0 unspecified atom stereocenters. The zero-order valence-electron chi connectivity index (χ0n) is 11.9. The van der Waals surface area contributed by atoms with E-state index in [-0.39, 0.29) is 5.97 Å². The van der Waals surface area contributed by atoms with Crippen LogP contribution in [0.5, 0.6) is 0 Å². The molecule has 0 saturated carbocycles. The Morgan fingerprint density at radius 3 is 2.24 bits per heavy atom. The van der Waals surface area contributed by atoms with Gasteiger partial charge in [0.1, 0.15) is 0 Å². The van der Waals surface area contributed by atoms with Crippen molar-refractivity contribution in [1.29, 1.82) is 0 Å². The first-order valence-electron chi connectivity index (χ1n) is 6.78. The highest BCUT2D eigenvalue weighted by Crippen LogP contribution is 2.11. The molecule has 2 nitrogen and oxygen atoms in total. The van der Waals surface area contributed by atoms with Crippen molar-refractivity contribution in [2.45, 2.75) is 59.8 Å². The van der Waals surface area contributed by atoms with Crippen LogP contribution in [0.25, 0.3) is 0 Å². The molecule has 0 rings (SSSR count). The predicted octanol–water partition coefficient (Wildman–Crippen LogP) is 4.35. The van der Waals surface area contributed by atoms with Crippen LogP contribution in [0, 0.1) is 11.8 Å². The van der Waals surface area contributed by atoms with Crippen molar-refractivity contribution in [3.05, 3.63) is 12.2 Å². The summed E-state index contributed by atoms with van der Waals surface area (Å²) in [5.74, 6) is 1.01. The second kappa shape index (κ2) is 9.26. The van der Waals surface area contributed by atoms with Gasteiger partial charge < -0.3 is 4.74 Å². The van der Waals surface area contributed by atoms with Crippen LogP contribution in [0.4, 0.5) is 0 Å². The molecule has 0 aliphatic rings. The van der Waals surface area contributed by atoms with Crippen molar-refractivity contribution in [1.82, 2.24) is 0 Å². The molecule has 17 heavy (non-hydrogen) atoms. The minimum atomic E-state index is -0.220. The molecule has 0 aromatic rings. The van der Waals surface area contributed by atoms with Crippen LogP contribution in [-0.2, 0) is 9.53 Å². The fourth-order valence-corrected chi connectivity index (χ4v) is 1.67. The van der Waals surface area contributed by atoms with E-state index in [0.717, 1.165) is 25.2 Å². The van der Waals surface area contributed by atoms with E-state index >= 15 is 0 Å². The SMILES string of the molecule is C=C(CC(C)C)C(=O)OCCCCCC(C)C. The zero-order valence-corrected chi connectivity index (χ0v) is 11.9. The smallest absolute Gasteiger partial charge is 0.333 e. The van der Waals surface area contributed by atoms with E-state index in [4.69, 9.17) is 4.74 Å². The first kappa shape index (κ1) is 16.2. The third-order valence-electron chi connectivity index (χ3n) is 2.60. The monoisotopic (exact) mass is 240 g/mol. The molecule has 0 amide bonds. The Kier molecular flexibility index (Phi) is 8.83. The first-order valence-corrected chi connectivity index (χ1v) is 6.78. The average Bonchev–Trinajstić information content (AvgIpc) is 2.21. The number of hydrogen-bond acceptors (Lipinski definition) is 2. The van der Waals surface area contributed by atoms with Crippen molar-refractivity contribution >= 4 is 5.97 Å². The lowest BCUT2D eigenvalue weighted by atomic mass is 10.0. The zero-order chi connectivity index (χ0) is 13.3. The van der Waals surface area contributed by atoms with Gasteiger partial charge in [-0.25, -0.2) is 4.79 Å². The van der Waals surface area contributed by atoms with E-state index in [1.54, 1.807) is 0 Å². The fraction of sp³-hybridized carbons (Fsp3) is 0.800. The summed E-state index contributed by atoms with van der Waals surface area (Å²) < 4.78 is 5.17. The van der Waals surface area contributed by atoms with Gasteiger partial charge in [0.2, 0.25) is 0 Å². The second-order valence-electron chi connectivity index (χ2n) is 5.58. The van der Waals surface area contributed by atoms with Crippen LogP contribution < -0.4 is 0 Å². The number of unbranched alkanes of at least 4 members (excludes halogenated alkanes) is 2. The highest BCUT2D eigenvalue weighted by Gasteiger charge is 2.09. The third-order valence-corrected chi connectivity index (χ3v) is 2.60. The molecule has 0 fully saturated rings. The number of rotatable bonds is 9. The molecule has 0 saturated heterocycles. The van der Waals surface area contributed by atoms with Crippen molar-refractivity contribution in [3.8, 4) is 0 Å². The van der Waals surface area contributed by atoms with Crippen molar-refractivity contribution in [2.24, 2.45) is 11.8 Å². The summed E-state index contributed by atoms with van der Waals surface area (Å²) in [6, 6.07) is 0. The van der Waals surface area contributed by atoms with Crippen LogP contribution in [-0.4, -0.2) is 12.6 Å². The standard InChI is InChI=1S/C15H28O2/c1-12(2)9-7-6-8-10-17-15(16)14(5)11-13(3)4/h12-13H,5-11H2,1-4H3. The van der Waals surface area contributed by atoms with Gasteiger partial charge in [0.15, 0.2) is 0 Å². The molecule has 2 heteroatoms. The minimum Gasteiger partial charge on any atom is -0.462 e. The Morgan fingerprint density at radius 2 is 1.71 bits per heavy atom. The number of esters is 1. The molecule has 0 aromatic heterocycles. The normalized spacial score (nSPS) is 10.9. The molecule has 0 spiro atoms. The van der Waals surface area contributed by atoms with Gasteiger partial charge in [-0.15, -0.1) is 0 Å². The molecule has 0 atom stereocenters. The predicted molar refractivity (Wildman–Crippen MR) is 72.9 cm³/mol. The Labute approximate surface area is 106 Å². The molecule has 0 N–H and O–H groups in total. The number of carbonyl (C=O) groups excluding carboxylic acids is 1. The largest absolute Gasteiger partial charge is 0.462 e. The molecule has 0 heterocycles. The maximum atomic E-state index is 11.5. The molecule has 0 radical (unpaired) electrons. The van der Waals surface area contributed by atoms with Gasteiger partial charge >= 0.3 is 5.97 Å².